The van der Waals surface area contributed by atoms with Crippen molar-refractivity contribution in [3.63, 3.8) is 0 Å². The molecule has 0 aromatic rings. The molecule has 5 nitrogen and oxygen atoms in total. The van der Waals surface area contributed by atoms with Crippen LogP contribution in [-0.4, -0.2) is 28.3 Å². The molecule has 1 unspecified atom stereocenters. The standard InChI is InChI=1S/C12H18N2O3/c1-3-7(11(16)17)10(15)12(4-2)8(13)5-6-9(12)14/h7,13-14H,3-6H2,1-2H3,(H,16,17). The number of aliphatic carboxylic acids is 1. The second kappa shape index (κ2) is 4.77. The van der Waals surface area contributed by atoms with Crippen molar-refractivity contribution >= 4 is 23.2 Å². The highest BCUT2D eigenvalue weighted by Crippen LogP contribution is 2.38. The van der Waals surface area contributed by atoms with Crippen molar-refractivity contribution in [2.24, 2.45) is 11.3 Å². The minimum atomic E-state index is -1.24. The zero-order valence-electron chi connectivity index (χ0n) is 10.2. The van der Waals surface area contributed by atoms with Crippen molar-refractivity contribution in [1.82, 2.24) is 0 Å². The van der Waals surface area contributed by atoms with Gasteiger partial charge >= 0.3 is 5.97 Å². The third-order valence-corrected chi connectivity index (χ3v) is 3.63. The Hall–Kier alpha value is -1.52. The van der Waals surface area contributed by atoms with Gasteiger partial charge in [-0.3, -0.25) is 9.59 Å². The number of hydrogen-bond donors (Lipinski definition) is 3. The van der Waals surface area contributed by atoms with Crippen molar-refractivity contribution in [1.29, 1.82) is 10.8 Å². The topological polar surface area (TPSA) is 102 Å². The van der Waals surface area contributed by atoms with Crippen LogP contribution in [0.15, 0.2) is 0 Å². The second-order valence-corrected chi connectivity index (χ2v) is 4.38. The molecule has 0 saturated heterocycles. The first-order chi connectivity index (χ1) is 7.91. The minimum absolute atomic E-state index is 0.203. The monoisotopic (exact) mass is 238 g/mol. The smallest absolute Gasteiger partial charge is 0.314 e. The van der Waals surface area contributed by atoms with Crippen LogP contribution in [-0.2, 0) is 9.59 Å². The van der Waals surface area contributed by atoms with E-state index in [0.717, 1.165) is 0 Å². The van der Waals surface area contributed by atoms with Gasteiger partial charge in [-0.25, -0.2) is 0 Å². The zero-order chi connectivity index (χ0) is 13.2. The molecule has 1 saturated carbocycles. The first kappa shape index (κ1) is 13.5. The molecule has 0 aliphatic heterocycles. The number of hydrogen-bond acceptors (Lipinski definition) is 4. The van der Waals surface area contributed by atoms with Gasteiger partial charge in [-0.2, -0.15) is 0 Å². The molecule has 0 radical (unpaired) electrons. The van der Waals surface area contributed by atoms with Crippen molar-refractivity contribution < 1.29 is 14.7 Å². The van der Waals surface area contributed by atoms with E-state index in [2.05, 4.69) is 0 Å². The summed E-state index contributed by atoms with van der Waals surface area (Å²) < 4.78 is 0. The second-order valence-electron chi connectivity index (χ2n) is 4.38. The third kappa shape index (κ3) is 1.90. The van der Waals surface area contributed by atoms with Crippen LogP contribution >= 0.6 is 0 Å². The van der Waals surface area contributed by atoms with Gasteiger partial charge in [0.05, 0.1) is 0 Å². The van der Waals surface area contributed by atoms with Crippen molar-refractivity contribution in [3.05, 3.63) is 0 Å². The fourth-order valence-corrected chi connectivity index (χ4v) is 2.53. The number of ketones is 1. The van der Waals surface area contributed by atoms with Crippen molar-refractivity contribution in [2.45, 2.75) is 39.5 Å². The van der Waals surface area contributed by atoms with E-state index in [1.54, 1.807) is 13.8 Å². The average Bonchev–Trinajstić information content (AvgIpc) is 2.56. The van der Waals surface area contributed by atoms with Gasteiger partial charge in [0.15, 0.2) is 5.78 Å². The molecular weight excluding hydrogens is 220 g/mol. The molecule has 1 atom stereocenters. The SMILES string of the molecule is CCC(C(=O)O)C(=O)C1(CC)C(=N)CCC1=N. The molecule has 0 aromatic heterocycles. The quantitative estimate of drug-likeness (QED) is 0.637. The molecule has 0 heterocycles. The number of carbonyl (C=O) groups excluding carboxylic acids is 1. The van der Waals surface area contributed by atoms with E-state index in [0.29, 0.717) is 19.3 Å². The summed E-state index contributed by atoms with van der Waals surface area (Å²) in [6, 6.07) is 0. The van der Waals surface area contributed by atoms with Gasteiger partial charge in [0, 0.05) is 11.4 Å². The molecular formula is C12H18N2O3. The van der Waals surface area contributed by atoms with E-state index >= 15 is 0 Å². The van der Waals surface area contributed by atoms with Crippen LogP contribution < -0.4 is 0 Å². The molecule has 0 spiro atoms. The van der Waals surface area contributed by atoms with E-state index < -0.39 is 23.1 Å². The maximum atomic E-state index is 12.3. The van der Waals surface area contributed by atoms with Crippen molar-refractivity contribution in [3.8, 4) is 0 Å². The molecule has 17 heavy (non-hydrogen) atoms. The molecule has 0 aromatic carbocycles. The highest BCUT2D eigenvalue weighted by molar-refractivity contribution is 6.31. The first-order valence-corrected chi connectivity index (χ1v) is 5.84. The number of carboxylic acids is 1. The van der Waals surface area contributed by atoms with Gasteiger partial charge in [0.2, 0.25) is 0 Å². The maximum absolute atomic E-state index is 12.3. The Bertz CT molecular complexity index is 371. The van der Waals surface area contributed by atoms with Crippen LogP contribution in [0, 0.1) is 22.2 Å². The molecule has 3 N–H and O–H groups in total. The first-order valence-electron chi connectivity index (χ1n) is 5.84. The van der Waals surface area contributed by atoms with Gasteiger partial charge in [-0.1, -0.05) is 13.8 Å². The number of carboxylic acid groups (broad SMARTS) is 1. The molecule has 1 aliphatic carbocycles. The molecule has 94 valence electrons. The molecule has 0 bridgehead atoms. The van der Waals surface area contributed by atoms with Crippen molar-refractivity contribution in [2.75, 3.05) is 0 Å². The van der Waals surface area contributed by atoms with Crippen LogP contribution in [0.5, 0.6) is 0 Å². The third-order valence-electron chi connectivity index (χ3n) is 3.63. The van der Waals surface area contributed by atoms with Gasteiger partial charge in [-0.15, -0.1) is 0 Å². The lowest BCUT2D eigenvalue weighted by Gasteiger charge is -2.29. The van der Waals surface area contributed by atoms with Crippen LogP contribution in [0.3, 0.4) is 0 Å². The Balaban J connectivity index is 3.18. The predicted octanol–water partition coefficient (Wildman–Crippen LogP) is 1.90. The van der Waals surface area contributed by atoms with Gasteiger partial charge in [0.1, 0.15) is 11.3 Å². The van der Waals surface area contributed by atoms with Gasteiger partial charge in [-0.05, 0) is 25.7 Å². The van der Waals surface area contributed by atoms with Crippen LogP contribution in [0.25, 0.3) is 0 Å². The lowest BCUT2D eigenvalue weighted by atomic mass is 9.71. The summed E-state index contributed by atoms with van der Waals surface area (Å²) >= 11 is 0. The van der Waals surface area contributed by atoms with Crippen LogP contribution in [0.2, 0.25) is 0 Å². The fourth-order valence-electron chi connectivity index (χ4n) is 2.53. The number of nitrogens with one attached hydrogen (secondary N) is 2. The highest BCUT2D eigenvalue weighted by atomic mass is 16.4. The molecule has 5 heteroatoms. The number of Topliss-reactive ketones (excluding diaryl/α,β-unsaturated/α-hetero) is 1. The van der Waals surface area contributed by atoms with E-state index in [-0.39, 0.29) is 17.8 Å². The Kier molecular flexibility index (Phi) is 3.80. The Morgan fingerprint density at radius 2 is 1.76 bits per heavy atom. The van der Waals surface area contributed by atoms with Gasteiger partial charge in [0.25, 0.3) is 0 Å². The summed E-state index contributed by atoms with van der Waals surface area (Å²) in [5.41, 5.74) is -0.830. The van der Waals surface area contributed by atoms with Crippen LogP contribution in [0.4, 0.5) is 0 Å². The Morgan fingerprint density at radius 3 is 2.06 bits per heavy atom. The Morgan fingerprint density at radius 1 is 1.29 bits per heavy atom. The van der Waals surface area contributed by atoms with E-state index in [4.69, 9.17) is 15.9 Å². The summed E-state index contributed by atoms with van der Waals surface area (Å²) in [6.45, 7) is 3.38. The summed E-state index contributed by atoms with van der Waals surface area (Å²) in [4.78, 5) is 23.4. The number of carbonyl (C=O) groups is 2. The molecule has 1 rings (SSSR count). The fraction of sp³-hybridized carbons (Fsp3) is 0.667. The minimum Gasteiger partial charge on any atom is -0.481 e. The Labute approximate surface area is 100 Å². The van der Waals surface area contributed by atoms with Gasteiger partial charge < -0.3 is 15.9 Å². The summed E-state index contributed by atoms with van der Waals surface area (Å²) in [5, 5.41) is 24.8. The summed E-state index contributed by atoms with van der Waals surface area (Å²) in [5.74, 6) is -2.74. The van der Waals surface area contributed by atoms with E-state index in [1.165, 1.54) is 0 Å². The highest BCUT2D eigenvalue weighted by Gasteiger charge is 2.51. The largest absolute Gasteiger partial charge is 0.481 e. The normalized spacial score (nSPS) is 26.0. The predicted molar refractivity (Wildman–Crippen MR) is 63.8 cm³/mol. The molecule has 0 amide bonds. The summed E-state index contributed by atoms with van der Waals surface area (Å²) in [6.07, 6.45) is 1.31. The average molecular weight is 238 g/mol. The number of rotatable bonds is 5. The van der Waals surface area contributed by atoms with E-state index in [9.17, 15) is 9.59 Å². The maximum Gasteiger partial charge on any atom is 0.314 e. The molecule has 1 aliphatic rings. The van der Waals surface area contributed by atoms with Crippen LogP contribution in [0.1, 0.15) is 39.5 Å². The van der Waals surface area contributed by atoms with E-state index in [1.807, 2.05) is 0 Å². The lowest BCUT2D eigenvalue weighted by molar-refractivity contribution is -0.147. The lowest BCUT2D eigenvalue weighted by Crippen LogP contribution is -2.45. The molecule has 1 fully saturated rings. The zero-order valence-corrected chi connectivity index (χ0v) is 10.2. The summed E-state index contributed by atoms with van der Waals surface area (Å²) in [7, 11) is 0.